The van der Waals surface area contributed by atoms with Crippen molar-refractivity contribution in [3.05, 3.63) is 41.4 Å². The van der Waals surface area contributed by atoms with Gasteiger partial charge in [0.1, 0.15) is 0 Å². The van der Waals surface area contributed by atoms with Gasteiger partial charge in [-0.25, -0.2) is 4.79 Å². The van der Waals surface area contributed by atoms with Gasteiger partial charge >= 0.3 is 6.09 Å². The number of allylic oxidation sites excluding steroid dienone is 1. The number of anilines is 1. The van der Waals surface area contributed by atoms with Crippen molar-refractivity contribution in [2.24, 2.45) is 0 Å². The van der Waals surface area contributed by atoms with Crippen molar-refractivity contribution in [2.75, 3.05) is 17.3 Å². The van der Waals surface area contributed by atoms with Crippen LogP contribution < -0.4 is 4.90 Å². The van der Waals surface area contributed by atoms with Crippen LogP contribution in [0.1, 0.15) is 0 Å². The van der Waals surface area contributed by atoms with E-state index >= 15 is 0 Å². The quantitative estimate of drug-likeness (QED) is 0.663. The van der Waals surface area contributed by atoms with Gasteiger partial charge in [-0.1, -0.05) is 29.8 Å². The normalized spacial score (nSPS) is 10.6. The Kier molecular flexibility index (Phi) is 5.15. The molecule has 3 nitrogen and oxygen atoms in total. The molecule has 0 aliphatic rings. The summed E-state index contributed by atoms with van der Waals surface area (Å²) in [6.07, 6.45) is 2.37. The number of carboxylic acid groups (broad SMARTS) is 1. The Bertz CT molecular complexity index is 393. The lowest BCUT2D eigenvalue weighted by atomic mass is 10.3. The Morgan fingerprint density at radius 2 is 2.19 bits per heavy atom. The van der Waals surface area contributed by atoms with Crippen molar-refractivity contribution in [3.63, 3.8) is 0 Å². The van der Waals surface area contributed by atoms with E-state index in [1.54, 1.807) is 36.4 Å². The molecule has 1 aromatic rings. The molecule has 1 amide bonds. The minimum absolute atomic E-state index is 0.252. The number of rotatable bonds is 4. The zero-order valence-electron chi connectivity index (χ0n) is 8.44. The second kappa shape index (κ2) is 6.40. The molecule has 1 N–H and O–H groups in total. The number of hydrogen-bond acceptors (Lipinski definition) is 1. The van der Waals surface area contributed by atoms with Crippen molar-refractivity contribution in [1.29, 1.82) is 0 Å². The van der Waals surface area contributed by atoms with Crippen LogP contribution in [0.15, 0.2) is 36.4 Å². The van der Waals surface area contributed by atoms with Gasteiger partial charge in [0.15, 0.2) is 0 Å². The number of nitrogens with zero attached hydrogens (tertiary/aromatic N) is 1. The van der Waals surface area contributed by atoms with E-state index in [4.69, 9.17) is 28.3 Å². The monoisotopic (exact) mass is 259 g/mol. The first-order valence-corrected chi connectivity index (χ1v) is 5.53. The Morgan fingerprint density at radius 3 is 2.75 bits per heavy atom. The maximum atomic E-state index is 11.0. The molecule has 0 fully saturated rings. The van der Waals surface area contributed by atoms with Crippen molar-refractivity contribution < 1.29 is 9.90 Å². The van der Waals surface area contributed by atoms with Gasteiger partial charge < -0.3 is 5.11 Å². The maximum absolute atomic E-state index is 11.0. The fourth-order valence-corrected chi connectivity index (χ4v) is 1.49. The second-order valence-corrected chi connectivity index (χ2v) is 3.74. The summed E-state index contributed by atoms with van der Waals surface area (Å²) in [7, 11) is 0. The lowest BCUT2D eigenvalue weighted by molar-refractivity contribution is 0.202. The highest BCUT2D eigenvalue weighted by Crippen LogP contribution is 2.19. The number of halogens is 2. The van der Waals surface area contributed by atoms with Gasteiger partial charge in [0.05, 0.1) is 0 Å². The second-order valence-electron chi connectivity index (χ2n) is 3.00. The van der Waals surface area contributed by atoms with Crippen LogP contribution in [0.25, 0.3) is 0 Å². The highest BCUT2D eigenvalue weighted by atomic mass is 35.5. The molecule has 0 unspecified atom stereocenters. The summed E-state index contributed by atoms with van der Waals surface area (Å²) in [5.41, 5.74) is 0.541. The molecule has 0 spiro atoms. The van der Waals surface area contributed by atoms with E-state index in [9.17, 15) is 4.79 Å². The summed E-state index contributed by atoms with van der Waals surface area (Å²) in [6.45, 7) is 0.252. The topological polar surface area (TPSA) is 40.5 Å². The molecule has 0 radical (unpaired) electrons. The van der Waals surface area contributed by atoms with Crippen molar-refractivity contribution in [3.8, 4) is 0 Å². The molecule has 0 aliphatic heterocycles. The van der Waals surface area contributed by atoms with Crippen LogP contribution in [0.2, 0.25) is 5.02 Å². The Labute approximate surface area is 104 Å². The number of amides is 1. The number of alkyl halides is 1. The molecular weight excluding hydrogens is 249 g/mol. The molecule has 86 valence electrons. The summed E-state index contributed by atoms with van der Waals surface area (Å²) in [4.78, 5) is 12.2. The first kappa shape index (κ1) is 12.9. The highest BCUT2D eigenvalue weighted by Gasteiger charge is 2.12. The number of carbonyl (C=O) groups is 1. The van der Waals surface area contributed by atoms with Crippen molar-refractivity contribution in [1.82, 2.24) is 0 Å². The lowest BCUT2D eigenvalue weighted by Crippen LogP contribution is -2.29. The van der Waals surface area contributed by atoms with Gasteiger partial charge in [0.2, 0.25) is 0 Å². The molecule has 1 aromatic carbocycles. The van der Waals surface area contributed by atoms with E-state index in [0.29, 0.717) is 16.6 Å². The fourth-order valence-electron chi connectivity index (χ4n) is 1.18. The van der Waals surface area contributed by atoms with Crippen molar-refractivity contribution >= 4 is 35.0 Å². The van der Waals surface area contributed by atoms with Gasteiger partial charge in [-0.2, -0.15) is 0 Å². The Balaban J connectivity index is 2.85. The fraction of sp³-hybridized carbons (Fsp3) is 0.182. The van der Waals surface area contributed by atoms with E-state index < -0.39 is 6.09 Å². The van der Waals surface area contributed by atoms with E-state index in [1.165, 1.54) is 4.90 Å². The largest absolute Gasteiger partial charge is 0.465 e. The third-order valence-electron chi connectivity index (χ3n) is 1.89. The predicted octanol–water partition coefficient (Wildman–Crippen LogP) is 3.62. The smallest absolute Gasteiger partial charge is 0.412 e. The molecule has 1 rings (SSSR count). The average Bonchev–Trinajstić information content (AvgIpc) is 2.24. The SMILES string of the molecule is O=C(O)N(C/C=C/CCl)c1cccc(Cl)c1. The first-order chi connectivity index (χ1) is 7.65. The van der Waals surface area contributed by atoms with Crippen LogP contribution in [-0.4, -0.2) is 23.6 Å². The minimum Gasteiger partial charge on any atom is -0.465 e. The Morgan fingerprint density at radius 1 is 1.44 bits per heavy atom. The zero-order chi connectivity index (χ0) is 12.0. The van der Waals surface area contributed by atoms with Gasteiger partial charge in [-0.15, -0.1) is 11.6 Å². The number of hydrogen-bond donors (Lipinski definition) is 1. The molecule has 16 heavy (non-hydrogen) atoms. The maximum Gasteiger partial charge on any atom is 0.412 e. The molecule has 0 saturated carbocycles. The van der Waals surface area contributed by atoms with E-state index in [-0.39, 0.29) is 6.54 Å². The molecule has 0 saturated heterocycles. The zero-order valence-corrected chi connectivity index (χ0v) is 9.95. The van der Waals surface area contributed by atoms with E-state index in [2.05, 4.69) is 0 Å². The van der Waals surface area contributed by atoms with Crippen molar-refractivity contribution in [2.45, 2.75) is 0 Å². The number of benzene rings is 1. The third kappa shape index (κ3) is 3.76. The molecule has 5 heteroatoms. The molecule has 0 aliphatic carbocycles. The minimum atomic E-state index is -1.03. The standard InChI is InChI=1S/C11H11Cl2NO2/c12-6-1-2-7-14(11(15)16)10-5-3-4-9(13)8-10/h1-5,8H,6-7H2,(H,15,16)/b2-1+. The van der Waals surface area contributed by atoms with Gasteiger partial charge in [0.25, 0.3) is 0 Å². The molecule has 0 heterocycles. The average molecular weight is 260 g/mol. The van der Waals surface area contributed by atoms with Crippen LogP contribution in [-0.2, 0) is 0 Å². The third-order valence-corrected chi connectivity index (χ3v) is 2.31. The molecule has 0 bridgehead atoms. The van der Waals surface area contributed by atoms with E-state index in [1.807, 2.05) is 0 Å². The van der Waals surface area contributed by atoms with Gasteiger partial charge in [-0.3, -0.25) is 4.90 Å². The summed E-state index contributed by atoms with van der Waals surface area (Å²) < 4.78 is 0. The molecule has 0 atom stereocenters. The van der Waals surface area contributed by atoms with Crippen LogP contribution >= 0.6 is 23.2 Å². The van der Waals surface area contributed by atoms with Gasteiger partial charge in [-0.05, 0) is 18.2 Å². The highest BCUT2D eigenvalue weighted by molar-refractivity contribution is 6.30. The Hall–Kier alpha value is -1.19. The summed E-state index contributed by atoms with van der Waals surface area (Å²) in [5, 5.41) is 9.54. The molecular formula is C11H11Cl2NO2. The lowest BCUT2D eigenvalue weighted by Gasteiger charge is -2.17. The summed E-state index contributed by atoms with van der Waals surface area (Å²) in [5.74, 6) is 0.364. The van der Waals surface area contributed by atoms with Gasteiger partial charge in [0, 0.05) is 23.1 Å². The summed E-state index contributed by atoms with van der Waals surface area (Å²) in [6, 6.07) is 6.69. The first-order valence-electron chi connectivity index (χ1n) is 4.62. The summed E-state index contributed by atoms with van der Waals surface area (Å²) >= 11 is 11.3. The molecule has 0 aromatic heterocycles. The van der Waals surface area contributed by atoms with Crippen LogP contribution in [0.3, 0.4) is 0 Å². The van der Waals surface area contributed by atoms with Crippen LogP contribution in [0, 0.1) is 0 Å². The van der Waals surface area contributed by atoms with Crippen LogP contribution in [0.4, 0.5) is 10.5 Å². The predicted molar refractivity (Wildman–Crippen MR) is 66.7 cm³/mol. The van der Waals surface area contributed by atoms with E-state index in [0.717, 1.165) is 0 Å². The van der Waals surface area contributed by atoms with Crippen LogP contribution in [0.5, 0.6) is 0 Å².